The number of rotatable bonds is 2. The third-order valence-corrected chi connectivity index (χ3v) is 8.57. The van der Waals surface area contributed by atoms with Gasteiger partial charge in [0.2, 0.25) is 0 Å². The second-order valence-electron chi connectivity index (χ2n) is 10.2. The average molecular weight is 496 g/mol. The van der Waals surface area contributed by atoms with E-state index in [2.05, 4.69) is 13.8 Å². The standard InChI is InChI=1S/C22H30O5.Na.H3O4P.H/c1-12-8-14-15-5-7-22(27,18(26)11-23)21(15,3)10-17(25)19(14)20(2)6-4-13(24)9-16(12)20;;1-5(2,3)4;/h4,6,9,12,14-15,17,19,23,25,27H,5,7-8,10-11H2,1-3H3;;(H3,1,2,3,4);/t12-,14-,15-,17-,19+,20-,21-,22-;;;/m0.../s1. The van der Waals surface area contributed by atoms with Crippen LogP contribution in [0, 0.1) is 34.5 Å². The van der Waals surface area contributed by atoms with Crippen LogP contribution in [-0.4, -0.2) is 89.4 Å². The van der Waals surface area contributed by atoms with Crippen molar-refractivity contribution in [2.24, 2.45) is 34.5 Å². The number of aliphatic hydroxyl groups is 3. The Kier molecular flexibility index (Phi) is 8.53. The second kappa shape index (κ2) is 9.69. The number of phosphoric acid groups is 1. The van der Waals surface area contributed by atoms with Gasteiger partial charge in [0.25, 0.3) is 0 Å². The van der Waals surface area contributed by atoms with Crippen molar-refractivity contribution in [3.8, 4) is 0 Å². The molecule has 8 atom stereocenters. The van der Waals surface area contributed by atoms with E-state index in [9.17, 15) is 24.9 Å². The zero-order valence-electron chi connectivity index (χ0n) is 18.5. The van der Waals surface area contributed by atoms with E-state index in [-0.39, 0.29) is 64.4 Å². The average Bonchev–Trinajstić information content (AvgIpc) is 2.93. The Balaban J connectivity index is 0.000000583. The van der Waals surface area contributed by atoms with Crippen LogP contribution in [0.25, 0.3) is 0 Å². The third-order valence-electron chi connectivity index (χ3n) is 8.57. The SMILES string of the molecule is C[C@H]1C[C@@H]2[C@H]([C@@H](O)C[C@@]3(C)[C@H]2CC[C@]3(O)C(=O)CO)[C@@]2(C)C=CC(=O)C=C12.O=P(O)(O)O.[NaH]. The Labute approximate surface area is 215 Å². The van der Waals surface area contributed by atoms with Crippen molar-refractivity contribution in [3.05, 3.63) is 23.8 Å². The summed E-state index contributed by atoms with van der Waals surface area (Å²) >= 11 is 0. The van der Waals surface area contributed by atoms with Crippen LogP contribution in [0.5, 0.6) is 0 Å². The molecule has 11 heteroatoms. The van der Waals surface area contributed by atoms with Gasteiger partial charge < -0.3 is 30.0 Å². The molecule has 6 N–H and O–H groups in total. The van der Waals surface area contributed by atoms with Gasteiger partial charge in [-0.1, -0.05) is 32.4 Å². The van der Waals surface area contributed by atoms with Gasteiger partial charge in [0.05, 0.1) is 6.10 Å². The summed E-state index contributed by atoms with van der Waals surface area (Å²) in [6, 6.07) is 0. The van der Waals surface area contributed by atoms with E-state index in [1.165, 1.54) is 0 Å². The number of fused-ring (bicyclic) bond motifs is 5. The molecule has 0 spiro atoms. The summed E-state index contributed by atoms with van der Waals surface area (Å²) in [5.74, 6) is -0.0768. The van der Waals surface area contributed by atoms with Crippen LogP contribution < -0.4 is 0 Å². The zero-order chi connectivity index (χ0) is 24.3. The predicted octanol–water partition coefficient (Wildman–Crippen LogP) is 0.227. The normalized spacial score (nSPS) is 43.7. The first-order chi connectivity index (χ1) is 14.6. The molecule has 0 aromatic carbocycles. The van der Waals surface area contributed by atoms with E-state index in [4.69, 9.17) is 19.2 Å². The van der Waals surface area contributed by atoms with Gasteiger partial charge in [-0.3, -0.25) is 9.59 Å². The van der Waals surface area contributed by atoms with E-state index < -0.39 is 37.3 Å². The quantitative estimate of drug-likeness (QED) is 0.231. The molecule has 4 aliphatic carbocycles. The summed E-state index contributed by atoms with van der Waals surface area (Å²) in [5.41, 5.74) is -1.59. The van der Waals surface area contributed by atoms with Gasteiger partial charge in [-0.2, -0.15) is 0 Å². The number of carbonyl (C=O) groups is 2. The molecule has 0 bridgehead atoms. The molecular formula is C22H34NaO9P. The van der Waals surface area contributed by atoms with Gasteiger partial charge in [-0.25, -0.2) is 4.57 Å². The van der Waals surface area contributed by atoms with Crippen molar-refractivity contribution >= 4 is 48.9 Å². The number of ketones is 2. The van der Waals surface area contributed by atoms with Crippen LogP contribution in [0.1, 0.15) is 46.5 Å². The number of aliphatic hydroxyl groups excluding tert-OH is 2. The first-order valence-corrected chi connectivity index (χ1v) is 12.4. The first kappa shape index (κ1) is 29.0. The summed E-state index contributed by atoms with van der Waals surface area (Å²) in [6.45, 7) is 5.48. The molecule has 4 aliphatic rings. The molecule has 33 heavy (non-hydrogen) atoms. The number of hydrogen-bond acceptors (Lipinski definition) is 6. The summed E-state index contributed by atoms with van der Waals surface area (Å²) in [4.78, 5) is 45.9. The summed E-state index contributed by atoms with van der Waals surface area (Å²) in [5, 5.41) is 31.9. The van der Waals surface area contributed by atoms with E-state index in [1.54, 1.807) is 12.2 Å². The summed E-state index contributed by atoms with van der Waals surface area (Å²) in [6.07, 6.45) is 6.87. The molecule has 0 radical (unpaired) electrons. The van der Waals surface area contributed by atoms with Gasteiger partial charge in [0.15, 0.2) is 11.6 Å². The fraction of sp³-hybridized carbons (Fsp3) is 0.727. The Bertz CT molecular complexity index is 905. The van der Waals surface area contributed by atoms with Crippen LogP contribution in [0.4, 0.5) is 0 Å². The van der Waals surface area contributed by atoms with Crippen molar-refractivity contribution in [1.82, 2.24) is 0 Å². The van der Waals surface area contributed by atoms with Crippen LogP contribution in [-0.2, 0) is 14.2 Å². The third kappa shape index (κ3) is 4.92. The monoisotopic (exact) mass is 496 g/mol. The van der Waals surface area contributed by atoms with Crippen LogP contribution in [0.3, 0.4) is 0 Å². The fourth-order valence-corrected chi connectivity index (χ4v) is 7.34. The Morgan fingerprint density at radius 3 is 2.36 bits per heavy atom. The molecule has 0 amide bonds. The Morgan fingerprint density at radius 2 is 1.82 bits per heavy atom. The molecule has 0 aromatic rings. The molecule has 3 fully saturated rings. The molecule has 0 heterocycles. The van der Waals surface area contributed by atoms with Crippen LogP contribution >= 0.6 is 7.82 Å². The van der Waals surface area contributed by atoms with Gasteiger partial charge >= 0.3 is 37.4 Å². The van der Waals surface area contributed by atoms with Gasteiger partial charge in [0, 0.05) is 16.7 Å². The molecule has 9 nitrogen and oxygen atoms in total. The summed E-state index contributed by atoms with van der Waals surface area (Å²) < 4.78 is 8.88. The van der Waals surface area contributed by atoms with E-state index in [1.807, 2.05) is 13.0 Å². The summed E-state index contributed by atoms with van der Waals surface area (Å²) in [7, 11) is -4.64. The van der Waals surface area contributed by atoms with Gasteiger partial charge in [0.1, 0.15) is 12.2 Å². The van der Waals surface area contributed by atoms with E-state index in [0.29, 0.717) is 12.8 Å². The number of Topliss-reactive ketones (excluding diaryl/α,β-unsaturated/α-hetero) is 1. The molecule has 4 rings (SSSR count). The molecule has 0 aromatic heterocycles. The van der Waals surface area contributed by atoms with Crippen LogP contribution in [0.15, 0.2) is 23.8 Å². The van der Waals surface area contributed by atoms with E-state index in [0.717, 1.165) is 18.4 Å². The number of allylic oxidation sites excluding steroid dienone is 4. The minimum absolute atomic E-state index is 0. The van der Waals surface area contributed by atoms with Crippen molar-refractivity contribution in [2.75, 3.05) is 6.61 Å². The maximum atomic E-state index is 12.4. The minimum atomic E-state index is -4.64. The van der Waals surface area contributed by atoms with E-state index >= 15 is 0 Å². The molecule has 182 valence electrons. The first-order valence-electron chi connectivity index (χ1n) is 10.9. The maximum absolute atomic E-state index is 12.4. The number of carbonyl (C=O) groups excluding carboxylic acids is 2. The molecule has 0 unspecified atom stereocenters. The Hall–Kier alpha value is -0.190. The molecule has 0 aliphatic heterocycles. The number of hydrogen-bond donors (Lipinski definition) is 6. The predicted molar refractivity (Wildman–Crippen MR) is 121 cm³/mol. The second-order valence-corrected chi connectivity index (χ2v) is 11.3. The van der Waals surface area contributed by atoms with Crippen molar-refractivity contribution in [3.63, 3.8) is 0 Å². The van der Waals surface area contributed by atoms with Gasteiger partial charge in [-0.15, -0.1) is 0 Å². The van der Waals surface area contributed by atoms with Crippen molar-refractivity contribution < 1.29 is 44.2 Å². The molecular weight excluding hydrogens is 462 g/mol. The fourth-order valence-electron chi connectivity index (χ4n) is 7.34. The topological polar surface area (TPSA) is 173 Å². The molecule has 0 saturated heterocycles. The zero-order valence-corrected chi connectivity index (χ0v) is 19.4. The molecule has 3 saturated carbocycles. The van der Waals surface area contributed by atoms with Crippen molar-refractivity contribution in [1.29, 1.82) is 0 Å². The Morgan fingerprint density at radius 1 is 1.24 bits per heavy atom. The van der Waals surface area contributed by atoms with Gasteiger partial charge in [-0.05, 0) is 55.6 Å². The van der Waals surface area contributed by atoms with Crippen molar-refractivity contribution in [2.45, 2.75) is 58.2 Å². The van der Waals surface area contributed by atoms with Crippen LogP contribution in [0.2, 0.25) is 0 Å².